The molecule has 0 aliphatic carbocycles. The van der Waals surface area contributed by atoms with Crippen molar-refractivity contribution in [2.45, 2.75) is 245 Å². The van der Waals surface area contributed by atoms with Crippen LogP contribution in [0.5, 0.6) is 0 Å². The molecule has 0 rings (SSSR count). The number of aliphatic carboxylic acids is 1. The fourth-order valence-electron chi connectivity index (χ4n) is 8.81. The normalized spacial score (nSPS) is 14.0. The SMILES string of the molecule is CC/C=C\C/C=C\C/C=C\C/C=C\C/C=C\C/C=C\C/C=C\C/C=C\C/C=C\C/C=C\C/C=C\CCCCCC(=O)OC(COC(=O)CCCCCCCCCCC/C=C\C/C=C\C/C=C\C/C=C\C/C=C\C/C=C\C/C=C\CC)COC(OCC[N+](C)(C)C)C(=O)[O-]. The summed E-state index contributed by atoms with van der Waals surface area (Å²) in [5, 5.41) is 11.8. The molecular weight excluding hydrogens is 1150 g/mol. The number of esters is 2. The van der Waals surface area contributed by atoms with Gasteiger partial charge in [0, 0.05) is 12.8 Å². The molecule has 0 aliphatic rings. The third-order valence-corrected chi connectivity index (χ3v) is 14.2. The number of carboxylic acids is 1. The molecule has 0 aromatic heterocycles. The Morgan fingerprint density at radius 2 is 0.581 bits per heavy atom. The number of rotatable bonds is 63. The van der Waals surface area contributed by atoms with Gasteiger partial charge in [0.1, 0.15) is 13.2 Å². The summed E-state index contributed by atoms with van der Waals surface area (Å²) in [4.78, 5) is 37.5. The van der Waals surface area contributed by atoms with Crippen molar-refractivity contribution in [3.8, 4) is 0 Å². The van der Waals surface area contributed by atoms with Gasteiger partial charge < -0.3 is 33.3 Å². The monoisotopic (exact) mass is 1280 g/mol. The number of ether oxygens (including phenoxy) is 4. The van der Waals surface area contributed by atoms with E-state index in [9.17, 15) is 19.5 Å². The first-order valence-electron chi connectivity index (χ1n) is 35.9. The van der Waals surface area contributed by atoms with Gasteiger partial charge in [-0.05, 0) is 154 Å². The van der Waals surface area contributed by atoms with Gasteiger partial charge >= 0.3 is 11.9 Å². The van der Waals surface area contributed by atoms with E-state index in [1.807, 2.05) is 21.1 Å². The quantitative estimate of drug-likeness (QED) is 0.0195. The van der Waals surface area contributed by atoms with Crippen molar-refractivity contribution < 1.29 is 42.9 Å². The number of hydrogen-bond donors (Lipinski definition) is 0. The largest absolute Gasteiger partial charge is 0.545 e. The highest BCUT2D eigenvalue weighted by Crippen LogP contribution is 2.14. The van der Waals surface area contributed by atoms with Crippen LogP contribution < -0.4 is 5.11 Å². The Bertz CT molecular complexity index is 2330. The third-order valence-electron chi connectivity index (χ3n) is 14.2. The fraction of sp³-hybridized carbons (Fsp3) is 0.536. The van der Waals surface area contributed by atoms with Crippen LogP contribution >= 0.6 is 0 Å². The lowest BCUT2D eigenvalue weighted by Crippen LogP contribution is -2.44. The number of carbonyl (C=O) groups is 3. The van der Waals surface area contributed by atoms with E-state index < -0.39 is 24.3 Å². The Kier molecular flexibility index (Phi) is 66.5. The van der Waals surface area contributed by atoms with Crippen LogP contribution in [0.15, 0.2) is 219 Å². The number of carbonyl (C=O) groups excluding carboxylic acids is 3. The van der Waals surface area contributed by atoms with Gasteiger partial charge in [-0.3, -0.25) is 9.59 Å². The second-order valence-electron chi connectivity index (χ2n) is 24.1. The molecule has 93 heavy (non-hydrogen) atoms. The van der Waals surface area contributed by atoms with Crippen LogP contribution in [0.2, 0.25) is 0 Å². The summed E-state index contributed by atoms with van der Waals surface area (Å²) in [5.41, 5.74) is 0. The number of carboxylic acid groups (broad SMARTS) is 1. The van der Waals surface area contributed by atoms with Crippen molar-refractivity contribution in [3.63, 3.8) is 0 Å². The minimum atomic E-state index is -1.65. The number of nitrogens with zero attached hydrogens (tertiary/aromatic N) is 1. The van der Waals surface area contributed by atoms with E-state index in [2.05, 4.69) is 233 Å². The molecule has 0 saturated heterocycles. The molecule has 0 aromatic carbocycles. The minimum Gasteiger partial charge on any atom is -0.545 e. The Morgan fingerprint density at radius 3 is 0.871 bits per heavy atom. The zero-order valence-corrected chi connectivity index (χ0v) is 59.0. The minimum absolute atomic E-state index is 0.127. The van der Waals surface area contributed by atoms with Gasteiger partial charge in [-0.1, -0.05) is 284 Å². The predicted octanol–water partition coefficient (Wildman–Crippen LogP) is 21.6. The second-order valence-corrected chi connectivity index (χ2v) is 24.1. The Balaban J connectivity index is 4.29. The van der Waals surface area contributed by atoms with Crippen molar-refractivity contribution in [1.82, 2.24) is 0 Å². The smallest absolute Gasteiger partial charge is 0.306 e. The van der Waals surface area contributed by atoms with Crippen molar-refractivity contribution in [3.05, 3.63) is 219 Å². The van der Waals surface area contributed by atoms with Gasteiger partial charge in [0.25, 0.3) is 0 Å². The molecule has 518 valence electrons. The van der Waals surface area contributed by atoms with E-state index in [0.29, 0.717) is 23.9 Å². The maximum Gasteiger partial charge on any atom is 0.306 e. The zero-order valence-electron chi connectivity index (χ0n) is 59.0. The molecule has 0 aromatic rings. The maximum atomic E-state index is 12.9. The highest BCUT2D eigenvalue weighted by molar-refractivity contribution is 5.70. The lowest BCUT2D eigenvalue weighted by molar-refractivity contribution is -0.870. The van der Waals surface area contributed by atoms with Crippen LogP contribution in [0.4, 0.5) is 0 Å². The van der Waals surface area contributed by atoms with Crippen molar-refractivity contribution in [2.75, 3.05) is 47.5 Å². The van der Waals surface area contributed by atoms with Gasteiger partial charge in [0.15, 0.2) is 12.4 Å². The predicted molar refractivity (Wildman–Crippen MR) is 397 cm³/mol. The summed E-state index contributed by atoms with van der Waals surface area (Å²) >= 11 is 0. The molecule has 9 nitrogen and oxygen atoms in total. The molecule has 2 unspecified atom stereocenters. The molecular formula is C84H129NO8. The maximum absolute atomic E-state index is 12.9. The Morgan fingerprint density at radius 1 is 0.323 bits per heavy atom. The molecule has 0 bridgehead atoms. The number of likely N-dealkylation sites (N-methyl/N-ethyl adjacent to an activating group) is 1. The molecule has 0 fully saturated rings. The number of hydrogen-bond acceptors (Lipinski definition) is 8. The average Bonchev–Trinajstić information content (AvgIpc) is 3.73. The van der Waals surface area contributed by atoms with Gasteiger partial charge in [0.2, 0.25) is 0 Å². The second kappa shape index (κ2) is 71.5. The van der Waals surface area contributed by atoms with Crippen molar-refractivity contribution >= 4 is 17.9 Å². The summed E-state index contributed by atoms with van der Waals surface area (Å²) in [6.45, 7) is 4.44. The highest BCUT2D eigenvalue weighted by Gasteiger charge is 2.22. The van der Waals surface area contributed by atoms with E-state index in [0.717, 1.165) is 161 Å². The molecule has 0 heterocycles. The van der Waals surface area contributed by atoms with E-state index in [1.54, 1.807) is 0 Å². The first kappa shape index (κ1) is 86.6. The summed E-state index contributed by atoms with van der Waals surface area (Å²) < 4.78 is 22.7. The number of quaternary nitrogens is 1. The van der Waals surface area contributed by atoms with Crippen LogP contribution in [-0.2, 0) is 33.3 Å². The fourth-order valence-corrected chi connectivity index (χ4v) is 8.81. The lowest BCUT2D eigenvalue weighted by Gasteiger charge is -2.26. The molecule has 9 heteroatoms. The molecule has 0 saturated carbocycles. The van der Waals surface area contributed by atoms with Crippen LogP contribution in [0, 0.1) is 0 Å². The standard InChI is InChI=1S/C84H129NO8/c1-6-8-10-12-14-16-18-20-22-24-26-28-30-32-34-36-38-39-40-41-42-43-45-47-49-51-53-55-57-59-61-63-65-67-69-71-73-75-82(87)93-80(79-92-84(83(88)89)90-77-76-85(3,4)5)78-91-81(86)74-72-70-68-66-64-62-60-58-56-54-52-50-48-46-44-37-35-33-31-29-27-25-23-21-19-17-15-13-11-9-7-2/h8-11,14-17,20-23,26-29,32-35,38-39,41-42,44-47,50-53,57,59,63,65,80,84H,6-7,12-13,18-19,24-25,30-31,36-37,40,43,48-49,54-56,58,60-62,64,66-79H2,1-5H3/b10-8-,11-9-,16-14-,17-15-,22-20-,23-21-,28-26-,29-27-,34-32-,35-33-,39-38-,42-41-,46-44-,47-45-,52-50-,53-51-,59-57-,65-63-. The third kappa shape index (κ3) is 72.9. The summed E-state index contributed by atoms with van der Waals surface area (Å²) in [7, 11) is 5.90. The molecule has 0 radical (unpaired) electrons. The van der Waals surface area contributed by atoms with Crippen molar-refractivity contribution in [1.29, 1.82) is 0 Å². The summed E-state index contributed by atoms with van der Waals surface area (Å²) in [6.07, 6.45) is 110. The van der Waals surface area contributed by atoms with Gasteiger partial charge in [-0.2, -0.15) is 0 Å². The van der Waals surface area contributed by atoms with Gasteiger partial charge in [-0.15, -0.1) is 0 Å². The van der Waals surface area contributed by atoms with E-state index in [-0.39, 0.29) is 38.6 Å². The van der Waals surface area contributed by atoms with Crippen LogP contribution in [0.25, 0.3) is 0 Å². The average molecular weight is 1280 g/mol. The summed E-state index contributed by atoms with van der Waals surface area (Å²) in [5.74, 6) is -2.36. The van der Waals surface area contributed by atoms with Crippen LogP contribution in [-0.4, -0.2) is 82.3 Å². The zero-order chi connectivity index (χ0) is 67.5. The van der Waals surface area contributed by atoms with Crippen LogP contribution in [0.1, 0.15) is 232 Å². The molecule has 0 spiro atoms. The van der Waals surface area contributed by atoms with Gasteiger partial charge in [-0.25, -0.2) is 0 Å². The molecule has 0 amide bonds. The van der Waals surface area contributed by atoms with E-state index >= 15 is 0 Å². The van der Waals surface area contributed by atoms with E-state index in [4.69, 9.17) is 18.9 Å². The van der Waals surface area contributed by atoms with Crippen molar-refractivity contribution in [2.24, 2.45) is 0 Å². The number of allylic oxidation sites excluding steroid dienone is 36. The highest BCUT2D eigenvalue weighted by atomic mass is 16.7. The number of unbranched alkanes of at least 4 members (excludes halogenated alkanes) is 12. The topological polar surface area (TPSA) is 111 Å². The Labute approximate surface area is 568 Å². The van der Waals surface area contributed by atoms with E-state index in [1.165, 1.54) is 32.1 Å². The summed E-state index contributed by atoms with van der Waals surface area (Å²) in [6, 6.07) is 0. The Hall–Kier alpha value is -6.39. The first-order valence-corrected chi connectivity index (χ1v) is 35.9. The molecule has 0 N–H and O–H groups in total. The van der Waals surface area contributed by atoms with Gasteiger partial charge in [0.05, 0.1) is 40.3 Å². The van der Waals surface area contributed by atoms with Crippen LogP contribution in [0.3, 0.4) is 0 Å². The lowest BCUT2D eigenvalue weighted by atomic mass is 10.1. The molecule has 0 aliphatic heterocycles. The molecule has 2 atom stereocenters. The first-order chi connectivity index (χ1) is 45.6.